The molecule has 0 saturated heterocycles. The molecule has 4 aromatic rings. The van der Waals surface area contributed by atoms with E-state index < -0.39 is 5.91 Å². The Morgan fingerprint density at radius 1 is 0.938 bits per heavy atom. The van der Waals surface area contributed by atoms with E-state index >= 15 is 0 Å². The van der Waals surface area contributed by atoms with Gasteiger partial charge in [0.05, 0.1) is 21.1 Å². The molecule has 0 fully saturated rings. The first kappa shape index (κ1) is 23.8. The molecular weight excluding hydrogens is 441 g/mol. The lowest BCUT2D eigenvalue weighted by atomic mass is 10.1. The Kier molecular flexibility index (Phi) is 7.94. The third-order valence-corrected chi connectivity index (χ3v) is 5.95. The molecule has 0 aliphatic heterocycles. The molecule has 0 bridgehead atoms. The molecule has 0 saturated carbocycles. The van der Waals surface area contributed by atoms with E-state index in [1.165, 1.54) is 24.0 Å². The second kappa shape index (κ2) is 10.7. The summed E-state index contributed by atoms with van der Waals surface area (Å²) in [6, 6.07) is 19.6. The number of amides is 1. The van der Waals surface area contributed by atoms with Crippen LogP contribution in [0, 0.1) is 13.8 Å². The van der Waals surface area contributed by atoms with Crippen LogP contribution in [0.4, 0.5) is 0 Å². The number of imidazole rings is 1. The number of benzene rings is 3. The van der Waals surface area contributed by atoms with E-state index in [0.29, 0.717) is 22.2 Å². The Labute approximate surface area is 199 Å². The molecule has 0 atom stereocenters. The van der Waals surface area contributed by atoms with E-state index in [-0.39, 0.29) is 0 Å². The van der Waals surface area contributed by atoms with E-state index in [9.17, 15) is 4.79 Å². The first-order valence-corrected chi connectivity index (χ1v) is 11.3. The summed E-state index contributed by atoms with van der Waals surface area (Å²) in [6.07, 6.45) is 2.45. The Hall–Kier alpha value is -2.82. The number of hydrogen-bond donors (Lipinski definition) is 1. The Morgan fingerprint density at radius 3 is 2.25 bits per heavy atom. The van der Waals surface area contributed by atoms with Crippen molar-refractivity contribution < 1.29 is 4.79 Å². The van der Waals surface area contributed by atoms with Crippen molar-refractivity contribution in [3.05, 3.63) is 98.8 Å². The molecule has 0 spiro atoms. The summed E-state index contributed by atoms with van der Waals surface area (Å²) in [5.74, 6) is 0.390. The number of fused-ring (bicyclic) bond motifs is 1. The Morgan fingerprint density at radius 2 is 1.62 bits per heavy atom. The zero-order valence-corrected chi connectivity index (χ0v) is 20.0. The zero-order valence-electron chi connectivity index (χ0n) is 18.5. The average Bonchev–Trinajstić information content (AvgIpc) is 3.07. The second-order valence-corrected chi connectivity index (χ2v) is 8.61. The average molecular weight is 468 g/mol. The highest BCUT2D eigenvalue weighted by molar-refractivity contribution is 6.42. The van der Waals surface area contributed by atoms with Gasteiger partial charge in [-0.3, -0.25) is 4.79 Å². The van der Waals surface area contributed by atoms with Crippen LogP contribution in [0.15, 0.2) is 60.7 Å². The maximum Gasteiger partial charge on any atom is 0.248 e. The van der Waals surface area contributed by atoms with Crippen LogP contribution in [0.2, 0.25) is 10.0 Å². The Bertz CT molecular complexity index is 1230. The minimum Gasteiger partial charge on any atom is -0.366 e. The van der Waals surface area contributed by atoms with Crippen molar-refractivity contribution >= 4 is 40.1 Å². The maximum absolute atomic E-state index is 11.3. The lowest BCUT2D eigenvalue weighted by Gasteiger charge is -2.08. The molecule has 0 radical (unpaired) electrons. The van der Waals surface area contributed by atoms with Gasteiger partial charge in [-0.15, -0.1) is 0 Å². The first-order valence-electron chi connectivity index (χ1n) is 10.5. The van der Waals surface area contributed by atoms with E-state index in [1.54, 1.807) is 18.2 Å². The summed E-state index contributed by atoms with van der Waals surface area (Å²) in [7, 11) is 0. The molecule has 1 heterocycles. The van der Waals surface area contributed by atoms with Gasteiger partial charge in [-0.2, -0.15) is 0 Å². The number of halogens is 2. The van der Waals surface area contributed by atoms with Crippen LogP contribution in [0.3, 0.4) is 0 Å². The fourth-order valence-corrected chi connectivity index (χ4v) is 3.79. The number of carbonyl (C=O) groups excluding carboxylic acids is 1. The van der Waals surface area contributed by atoms with Gasteiger partial charge in [-0.25, -0.2) is 4.98 Å². The smallest absolute Gasteiger partial charge is 0.248 e. The van der Waals surface area contributed by atoms with Crippen molar-refractivity contribution in [2.75, 3.05) is 0 Å². The van der Waals surface area contributed by atoms with Crippen molar-refractivity contribution in [3.8, 4) is 0 Å². The molecule has 0 aliphatic rings. The van der Waals surface area contributed by atoms with Crippen molar-refractivity contribution in [2.45, 2.75) is 40.2 Å². The summed E-state index contributed by atoms with van der Waals surface area (Å²) >= 11 is 12.0. The van der Waals surface area contributed by atoms with Crippen LogP contribution in [0.5, 0.6) is 0 Å². The molecule has 2 N–H and O–H groups in total. The number of nitrogens with two attached hydrogens (primary N) is 1. The standard InChI is InChI=1S/C16H13Cl2N3O.C10H14/c1-9-20-14-7-11(16(19)22)3-5-15(14)21(9)8-10-2-4-12(17)13(18)6-10;1-3-4-10-7-5-9(2)6-8-10/h2-7H,8H2,1H3,(H2,19,22);5-8H,3-4H2,1-2H3. The van der Waals surface area contributed by atoms with E-state index in [0.717, 1.165) is 22.4 Å². The van der Waals surface area contributed by atoms with Crippen LogP contribution in [-0.4, -0.2) is 15.5 Å². The quantitative estimate of drug-likeness (QED) is 0.352. The van der Waals surface area contributed by atoms with Crippen molar-refractivity contribution in [1.29, 1.82) is 0 Å². The van der Waals surface area contributed by atoms with Gasteiger partial charge in [0.1, 0.15) is 5.82 Å². The normalized spacial score (nSPS) is 10.7. The predicted octanol–water partition coefficient (Wildman–Crippen LogP) is 6.75. The molecule has 166 valence electrons. The predicted molar refractivity (Wildman–Crippen MR) is 134 cm³/mol. The summed E-state index contributed by atoms with van der Waals surface area (Å²) in [5.41, 5.74) is 11.3. The highest BCUT2D eigenvalue weighted by Gasteiger charge is 2.11. The summed E-state index contributed by atoms with van der Waals surface area (Å²) in [5, 5.41) is 1.06. The van der Waals surface area contributed by atoms with Gasteiger partial charge in [-0.1, -0.05) is 72.4 Å². The molecular formula is C26H27Cl2N3O. The fourth-order valence-electron chi connectivity index (χ4n) is 3.47. The zero-order chi connectivity index (χ0) is 23.3. The number of aromatic nitrogens is 2. The molecule has 0 unspecified atom stereocenters. The van der Waals surface area contributed by atoms with Crippen LogP contribution in [0.1, 0.15) is 46.2 Å². The molecule has 1 aromatic heterocycles. The lowest BCUT2D eigenvalue weighted by molar-refractivity contribution is 0.100. The summed E-state index contributed by atoms with van der Waals surface area (Å²) in [4.78, 5) is 15.7. The molecule has 0 aliphatic carbocycles. The third-order valence-electron chi connectivity index (χ3n) is 5.21. The van der Waals surface area contributed by atoms with Crippen molar-refractivity contribution in [1.82, 2.24) is 9.55 Å². The topological polar surface area (TPSA) is 60.9 Å². The number of primary amides is 1. The monoisotopic (exact) mass is 467 g/mol. The molecule has 32 heavy (non-hydrogen) atoms. The van der Waals surface area contributed by atoms with Crippen LogP contribution in [0.25, 0.3) is 11.0 Å². The van der Waals surface area contributed by atoms with Gasteiger partial charge in [-0.05, 0) is 61.7 Å². The van der Waals surface area contributed by atoms with Crippen LogP contribution < -0.4 is 5.73 Å². The van der Waals surface area contributed by atoms with Crippen LogP contribution >= 0.6 is 23.2 Å². The van der Waals surface area contributed by atoms with Crippen molar-refractivity contribution in [2.24, 2.45) is 5.73 Å². The number of rotatable bonds is 5. The minimum atomic E-state index is -0.460. The molecule has 6 heteroatoms. The molecule has 4 rings (SSSR count). The largest absolute Gasteiger partial charge is 0.366 e. The number of aryl methyl sites for hydroxylation is 3. The molecule has 4 nitrogen and oxygen atoms in total. The SMILES string of the molecule is CCCc1ccc(C)cc1.Cc1nc2cc(C(N)=O)ccc2n1Cc1ccc(Cl)c(Cl)c1. The van der Waals surface area contributed by atoms with Crippen molar-refractivity contribution in [3.63, 3.8) is 0 Å². The van der Waals surface area contributed by atoms with Gasteiger partial charge in [0.25, 0.3) is 0 Å². The van der Waals surface area contributed by atoms with E-state index in [2.05, 4.69) is 47.7 Å². The number of hydrogen-bond acceptors (Lipinski definition) is 2. The van der Waals surface area contributed by atoms with Gasteiger partial charge in [0, 0.05) is 12.1 Å². The Balaban J connectivity index is 0.000000243. The van der Waals surface area contributed by atoms with Gasteiger partial charge in [0.15, 0.2) is 0 Å². The number of nitrogens with zero attached hydrogens (tertiary/aromatic N) is 2. The third kappa shape index (κ3) is 5.90. The van der Waals surface area contributed by atoms with Crippen LogP contribution in [-0.2, 0) is 13.0 Å². The fraction of sp³-hybridized carbons (Fsp3) is 0.231. The summed E-state index contributed by atoms with van der Waals surface area (Å²) < 4.78 is 2.06. The lowest BCUT2D eigenvalue weighted by Crippen LogP contribution is -2.10. The van der Waals surface area contributed by atoms with Gasteiger partial charge in [0.2, 0.25) is 5.91 Å². The maximum atomic E-state index is 11.3. The van der Waals surface area contributed by atoms with Gasteiger partial charge >= 0.3 is 0 Å². The van der Waals surface area contributed by atoms with Gasteiger partial charge < -0.3 is 10.3 Å². The second-order valence-electron chi connectivity index (χ2n) is 7.80. The molecule has 3 aromatic carbocycles. The van der Waals surface area contributed by atoms with E-state index in [4.69, 9.17) is 28.9 Å². The highest BCUT2D eigenvalue weighted by Crippen LogP contribution is 2.25. The highest BCUT2D eigenvalue weighted by atomic mass is 35.5. The number of carbonyl (C=O) groups is 1. The minimum absolute atomic E-state index is 0.451. The first-order chi connectivity index (χ1) is 15.3. The summed E-state index contributed by atoms with van der Waals surface area (Å²) in [6.45, 7) is 6.87. The molecule has 1 amide bonds. The van der Waals surface area contributed by atoms with E-state index in [1.807, 2.05) is 25.1 Å².